The maximum atomic E-state index is 12.7. The number of carbonyl (C=O) groups excluding carboxylic acids is 1. The second kappa shape index (κ2) is 9.45. The van der Waals surface area contributed by atoms with Crippen molar-refractivity contribution in [3.05, 3.63) is 64.5 Å². The van der Waals surface area contributed by atoms with Crippen molar-refractivity contribution in [3.8, 4) is 0 Å². The fourth-order valence-corrected chi connectivity index (χ4v) is 3.07. The number of benzene rings is 2. The largest absolute Gasteiger partial charge is 0.416 e. The van der Waals surface area contributed by atoms with Gasteiger partial charge in [-0.3, -0.25) is 14.9 Å². The molecule has 11 heteroatoms. The van der Waals surface area contributed by atoms with Gasteiger partial charge in [0, 0.05) is 32.1 Å². The molecule has 0 atom stereocenters. The van der Waals surface area contributed by atoms with Gasteiger partial charge in [0.2, 0.25) is 5.91 Å². The Morgan fingerprint density at radius 1 is 1.16 bits per heavy atom. The zero-order valence-electron chi connectivity index (χ0n) is 16.4. The normalized spacial score (nSPS) is 11.5. The standard InChI is InChI=1S/C20H20F3N5O3/c21-20(22,23)14-6-7-16(18(12-14)28(30)31)24-10-8-19(29)25-9-3-11-27-13-26-15-4-1-2-5-17(15)27/h1-2,4-7,12-13,24H,3,8-11H2,(H,25,29). The first-order valence-corrected chi connectivity index (χ1v) is 9.52. The van der Waals surface area contributed by atoms with E-state index in [9.17, 15) is 28.1 Å². The molecule has 1 heterocycles. The molecule has 164 valence electrons. The lowest BCUT2D eigenvalue weighted by Gasteiger charge is -2.11. The summed E-state index contributed by atoms with van der Waals surface area (Å²) < 4.78 is 40.2. The topological polar surface area (TPSA) is 102 Å². The number of carbonyl (C=O) groups is 1. The molecule has 0 fully saturated rings. The molecule has 8 nitrogen and oxygen atoms in total. The fraction of sp³-hybridized carbons (Fsp3) is 0.300. The van der Waals surface area contributed by atoms with E-state index in [1.807, 2.05) is 28.8 Å². The molecule has 0 aliphatic heterocycles. The molecule has 0 saturated heterocycles. The summed E-state index contributed by atoms with van der Waals surface area (Å²) in [6.07, 6.45) is -2.23. The first-order valence-electron chi connectivity index (χ1n) is 9.52. The number of aromatic nitrogens is 2. The highest BCUT2D eigenvalue weighted by atomic mass is 19.4. The SMILES string of the molecule is O=C(CCNc1ccc(C(F)(F)F)cc1[N+](=O)[O-])NCCCn1cnc2ccccc21. The molecule has 2 aromatic carbocycles. The molecule has 2 N–H and O–H groups in total. The van der Waals surface area contributed by atoms with Gasteiger partial charge in [0.1, 0.15) is 5.69 Å². The van der Waals surface area contributed by atoms with Crippen LogP contribution in [0.2, 0.25) is 0 Å². The van der Waals surface area contributed by atoms with Crippen molar-refractivity contribution in [1.29, 1.82) is 0 Å². The number of hydrogen-bond acceptors (Lipinski definition) is 5. The lowest BCUT2D eigenvalue weighted by Crippen LogP contribution is -2.27. The van der Waals surface area contributed by atoms with Crippen LogP contribution in [-0.2, 0) is 17.5 Å². The van der Waals surface area contributed by atoms with Gasteiger partial charge in [-0.05, 0) is 30.7 Å². The number of nitrogens with one attached hydrogen (secondary N) is 2. The quantitative estimate of drug-likeness (QED) is 0.301. The Hall–Kier alpha value is -3.63. The smallest absolute Gasteiger partial charge is 0.379 e. The van der Waals surface area contributed by atoms with E-state index >= 15 is 0 Å². The summed E-state index contributed by atoms with van der Waals surface area (Å²) in [4.78, 5) is 26.4. The van der Waals surface area contributed by atoms with Gasteiger partial charge in [-0.2, -0.15) is 13.2 Å². The van der Waals surface area contributed by atoms with Crippen LogP contribution in [0.4, 0.5) is 24.5 Å². The molecule has 31 heavy (non-hydrogen) atoms. The summed E-state index contributed by atoms with van der Waals surface area (Å²) in [5.41, 5.74) is 0.0415. The van der Waals surface area contributed by atoms with Crippen molar-refractivity contribution >= 4 is 28.3 Å². The molecule has 0 aliphatic carbocycles. The maximum Gasteiger partial charge on any atom is 0.416 e. The Labute approximate surface area is 175 Å². The Kier molecular flexibility index (Phi) is 6.73. The molecule has 1 amide bonds. The second-order valence-electron chi connectivity index (χ2n) is 6.79. The third-order valence-electron chi connectivity index (χ3n) is 4.61. The van der Waals surface area contributed by atoms with Gasteiger partial charge in [0.25, 0.3) is 5.69 Å². The van der Waals surface area contributed by atoms with E-state index in [2.05, 4.69) is 15.6 Å². The van der Waals surface area contributed by atoms with E-state index in [1.165, 1.54) is 0 Å². The fourth-order valence-electron chi connectivity index (χ4n) is 3.07. The minimum atomic E-state index is -4.67. The van der Waals surface area contributed by atoms with E-state index in [4.69, 9.17) is 0 Å². The van der Waals surface area contributed by atoms with Crippen LogP contribution in [-0.4, -0.2) is 33.5 Å². The van der Waals surface area contributed by atoms with Crippen LogP contribution in [0.15, 0.2) is 48.8 Å². The highest BCUT2D eigenvalue weighted by Crippen LogP contribution is 2.34. The van der Waals surface area contributed by atoms with Crippen molar-refractivity contribution in [2.24, 2.45) is 0 Å². The summed E-state index contributed by atoms with van der Waals surface area (Å²) in [6.45, 7) is 1.16. The van der Waals surface area contributed by atoms with E-state index in [0.717, 1.165) is 23.2 Å². The molecule has 0 radical (unpaired) electrons. The van der Waals surface area contributed by atoms with E-state index in [1.54, 1.807) is 6.33 Å². The summed E-state index contributed by atoms with van der Waals surface area (Å²) in [7, 11) is 0. The van der Waals surface area contributed by atoms with Crippen molar-refractivity contribution in [2.45, 2.75) is 25.6 Å². The number of hydrogen-bond donors (Lipinski definition) is 2. The van der Waals surface area contributed by atoms with Gasteiger partial charge >= 0.3 is 6.18 Å². The molecular weight excluding hydrogens is 415 g/mol. The third kappa shape index (κ3) is 5.71. The molecule has 0 saturated carbocycles. The zero-order valence-corrected chi connectivity index (χ0v) is 16.4. The second-order valence-corrected chi connectivity index (χ2v) is 6.79. The van der Waals surface area contributed by atoms with E-state index < -0.39 is 22.4 Å². The molecule has 0 spiro atoms. The monoisotopic (exact) mass is 435 g/mol. The van der Waals surface area contributed by atoms with Crippen LogP contribution >= 0.6 is 0 Å². The number of alkyl halides is 3. The molecule has 3 rings (SSSR count). The number of nitrogens with zero attached hydrogens (tertiary/aromatic N) is 3. The molecule has 0 aliphatic rings. The Balaban J connectivity index is 1.43. The van der Waals surface area contributed by atoms with Crippen LogP contribution in [0.5, 0.6) is 0 Å². The summed E-state index contributed by atoms with van der Waals surface area (Å²) in [5.74, 6) is -0.266. The van der Waals surface area contributed by atoms with Gasteiger partial charge in [0.15, 0.2) is 0 Å². The first-order chi connectivity index (χ1) is 14.8. The van der Waals surface area contributed by atoms with Crippen LogP contribution in [0.1, 0.15) is 18.4 Å². The number of para-hydroxylation sites is 2. The lowest BCUT2D eigenvalue weighted by atomic mass is 10.1. The average Bonchev–Trinajstić information content (AvgIpc) is 3.13. The maximum absolute atomic E-state index is 12.7. The highest BCUT2D eigenvalue weighted by molar-refractivity contribution is 5.77. The van der Waals surface area contributed by atoms with E-state index in [0.29, 0.717) is 25.6 Å². The van der Waals surface area contributed by atoms with E-state index in [-0.39, 0.29) is 24.6 Å². The Morgan fingerprint density at radius 2 is 1.94 bits per heavy atom. The van der Waals surface area contributed by atoms with Crippen LogP contribution in [0.3, 0.4) is 0 Å². The number of halogens is 3. The number of fused-ring (bicyclic) bond motifs is 1. The molecular formula is C20H20F3N5O3. The summed E-state index contributed by atoms with van der Waals surface area (Å²) >= 11 is 0. The van der Waals surface area contributed by atoms with Crippen LogP contribution in [0.25, 0.3) is 11.0 Å². The predicted octanol–water partition coefficient (Wildman–Crippen LogP) is 3.97. The highest BCUT2D eigenvalue weighted by Gasteiger charge is 2.33. The van der Waals surface area contributed by atoms with Crippen LogP contribution < -0.4 is 10.6 Å². The van der Waals surface area contributed by atoms with Crippen molar-refractivity contribution in [1.82, 2.24) is 14.9 Å². The summed E-state index contributed by atoms with van der Waals surface area (Å²) in [6, 6.07) is 9.95. The van der Waals surface area contributed by atoms with Crippen molar-refractivity contribution < 1.29 is 22.9 Å². The number of nitro groups is 1. The lowest BCUT2D eigenvalue weighted by molar-refractivity contribution is -0.384. The number of amides is 1. The molecule has 0 bridgehead atoms. The summed E-state index contributed by atoms with van der Waals surface area (Å²) in [5, 5.41) is 16.5. The van der Waals surface area contributed by atoms with Crippen molar-refractivity contribution in [2.75, 3.05) is 18.4 Å². The molecule has 1 aromatic heterocycles. The number of rotatable bonds is 9. The number of anilines is 1. The van der Waals surface area contributed by atoms with Crippen molar-refractivity contribution in [3.63, 3.8) is 0 Å². The Bertz CT molecular complexity index is 1080. The third-order valence-corrected chi connectivity index (χ3v) is 4.61. The van der Waals surface area contributed by atoms with Gasteiger partial charge in [0.05, 0.1) is 27.8 Å². The number of nitro benzene ring substituents is 1. The Morgan fingerprint density at radius 3 is 2.68 bits per heavy atom. The zero-order chi connectivity index (χ0) is 22.4. The minimum Gasteiger partial charge on any atom is -0.379 e. The van der Waals surface area contributed by atoms with Gasteiger partial charge in [-0.1, -0.05) is 12.1 Å². The number of imidazole rings is 1. The van der Waals surface area contributed by atoms with Crippen LogP contribution in [0, 0.1) is 10.1 Å². The predicted molar refractivity (Wildman–Crippen MR) is 109 cm³/mol. The van der Waals surface area contributed by atoms with Gasteiger partial charge in [-0.25, -0.2) is 4.98 Å². The first kappa shape index (κ1) is 22.1. The average molecular weight is 435 g/mol. The minimum absolute atomic E-state index is 0.0200. The van der Waals surface area contributed by atoms with Gasteiger partial charge < -0.3 is 15.2 Å². The molecule has 3 aromatic rings. The number of aryl methyl sites for hydroxylation is 1. The molecule has 0 unspecified atom stereocenters. The van der Waals surface area contributed by atoms with Gasteiger partial charge in [-0.15, -0.1) is 0 Å².